The fourth-order valence-electron chi connectivity index (χ4n) is 3.66. The van der Waals surface area contributed by atoms with Crippen molar-refractivity contribution in [3.8, 4) is 5.75 Å². The van der Waals surface area contributed by atoms with Crippen LogP contribution < -0.4 is 15.4 Å². The van der Waals surface area contributed by atoms with E-state index in [1.807, 2.05) is 42.5 Å². The van der Waals surface area contributed by atoms with Crippen molar-refractivity contribution in [3.05, 3.63) is 81.4 Å². The zero-order valence-corrected chi connectivity index (χ0v) is 17.8. The largest absolute Gasteiger partial charge is 0.462 e. The minimum absolute atomic E-state index is 0.117. The molecule has 0 spiro atoms. The number of hydrogen-bond donors (Lipinski definition) is 1. The number of thioether (sulfide) groups is 1. The molecule has 0 aliphatic carbocycles. The zero-order chi connectivity index (χ0) is 22.1. The number of ether oxygens (including phenoxy) is 2. The summed E-state index contributed by atoms with van der Waals surface area (Å²) in [6.07, 6.45) is 0. The predicted octanol–water partition coefficient (Wildman–Crippen LogP) is 3.43. The molecule has 1 unspecified atom stereocenters. The van der Waals surface area contributed by atoms with Crippen molar-refractivity contribution in [1.29, 1.82) is 0 Å². The highest BCUT2D eigenvalue weighted by Gasteiger charge is 2.45. The molecule has 2 aromatic carbocycles. The second-order valence-corrected chi connectivity index (χ2v) is 7.90. The number of rotatable bonds is 4. The van der Waals surface area contributed by atoms with Gasteiger partial charge in [0.2, 0.25) is 0 Å². The molecule has 158 valence electrons. The number of nitrogens with two attached hydrogens (primary N) is 1. The fourth-order valence-corrected chi connectivity index (χ4v) is 4.81. The van der Waals surface area contributed by atoms with E-state index >= 15 is 0 Å². The summed E-state index contributed by atoms with van der Waals surface area (Å²) in [6.45, 7) is 3.10. The number of hydrogen-bond acceptors (Lipinski definition) is 8. The highest BCUT2D eigenvalue weighted by Crippen LogP contribution is 2.52. The highest BCUT2D eigenvalue weighted by atomic mass is 32.2. The van der Waals surface area contributed by atoms with Gasteiger partial charge in [-0.15, -0.1) is 0 Å². The van der Waals surface area contributed by atoms with Crippen LogP contribution in [0.5, 0.6) is 5.75 Å². The average Bonchev–Trinajstić information content (AvgIpc) is 2.74. The van der Waals surface area contributed by atoms with Crippen molar-refractivity contribution in [2.45, 2.75) is 19.9 Å². The van der Waals surface area contributed by atoms with Crippen LogP contribution >= 0.6 is 11.8 Å². The standard InChI is InChI=1S/C23H20N2O5S/c1-3-29-22(27)17(13(2)26)21-25(14-9-5-4-6-10-14)19-15-11-7-8-12-16(15)30-23(28)18(19)20(24)31-21/h4-12,19H,3,24H2,1-2H3. The van der Waals surface area contributed by atoms with Gasteiger partial charge in [-0.05, 0) is 32.0 Å². The first-order chi connectivity index (χ1) is 14.9. The SMILES string of the molecule is CCOC(=O)C(C(C)=O)=C1SC(N)=C2C(=O)Oc3ccccc3C2N1c1ccccc1. The van der Waals surface area contributed by atoms with Crippen LogP contribution in [0.3, 0.4) is 0 Å². The third-order valence-electron chi connectivity index (χ3n) is 4.94. The van der Waals surface area contributed by atoms with Gasteiger partial charge in [0.25, 0.3) is 0 Å². The Morgan fingerprint density at radius 2 is 1.81 bits per heavy atom. The lowest BCUT2D eigenvalue weighted by molar-refractivity contribution is -0.139. The van der Waals surface area contributed by atoms with Crippen molar-refractivity contribution < 1.29 is 23.9 Å². The van der Waals surface area contributed by atoms with Crippen LogP contribution in [0.2, 0.25) is 0 Å². The zero-order valence-electron chi connectivity index (χ0n) is 17.0. The smallest absolute Gasteiger partial charge is 0.344 e. The Labute approximate surface area is 183 Å². The minimum atomic E-state index is -0.735. The second-order valence-electron chi connectivity index (χ2n) is 6.87. The first kappa shape index (κ1) is 20.7. The number of esters is 2. The highest BCUT2D eigenvalue weighted by molar-refractivity contribution is 8.07. The molecule has 31 heavy (non-hydrogen) atoms. The van der Waals surface area contributed by atoms with Crippen LogP contribution in [0.4, 0.5) is 5.69 Å². The Bertz CT molecular complexity index is 1140. The maximum absolute atomic E-state index is 12.9. The van der Waals surface area contributed by atoms with Gasteiger partial charge in [0, 0.05) is 11.3 Å². The number of carbonyl (C=O) groups is 3. The van der Waals surface area contributed by atoms with E-state index < -0.39 is 23.8 Å². The summed E-state index contributed by atoms with van der Waals surface area (Å²) in [5, 5.41) is 0.489. The molecule has 2 N–H and O–H groups in total. The molecule has 0 saturated carbocycles. The predicted molar refractivity (Wildman–Crippen MR) is 117 cm³/mol. The van der Waals surface area contributed by atoms with Crippen molar-refractivity contribution in [3.63, 3.8) is 0 Å². The number of anilines is 1. The number of fused-ring (bicyclic) bond motifs is 3. The lowest BCUT2D eigenvalue weighted by Crippen LogP contribution is -2.41. The van der Waals surface area contributed by atoms with E-state index in [1.54, 1.807) is 24.0 Å². The van der Waals surface area contributed by atoms with Crippen LogP contribution in [0.25, 0.3) is 0 Å². The van der Waals surface area contributed by atoms with Crippen LogP contribution in [-0.2, 0) is 19.1 Å². The van der Waals surface area contributed by atoms with Crippen LogP contribution in [0, 0.1) is 0 Å². The van der Waals surface area contributed by atoms with Gasteiger partial charge >= 0.3 is 11.9 Å². The maximum Gasteiger partial charge on any atom is 0.344 e. The Balaban J connectivity index is 2.05. The molecule has 0 bridgehead atoms. The van der Waals surface area contributed by atoms with Crippen molar-refractivity contribution in [2.75, 3.05) is 11.5 Å². The first-order valence-electron chi connectivity index (χ1n) is 9.69. The van der Waals surface area contributed by atoms with Crippen LogP contribution in [0.15, 0.2) is 75.8 Å². The fraction of sp³-hybridized carbons (Fsp3) is 0.174. The van der Waals surface area contributed by atoms with Gasteiger partial charge in [0.1, 0.15) is 16.4 Å². The van der Waals surface area contributed by atoms with Gasteiger partial charge in [-0.2, -0.15) is 0 Å². The van der Waals surface area contributed by atoms with Gasteiger partial charge in [-0.3, -0.25) is 4.79 Å². The Hall–Kier alpha value is -3.52. The topological polar surface area (TPSA) is 98.9 Å². The summed E-state index contributed by atoms with van der Waals surface area (Å²) in [5.74, 6) is -1.35. The molecule has 0 fully saturated rings. The monoisotopic (exact) mass is 436 g/mol. The quantitative estimate of drug-likeness (QED) is 0.256. The summed E-state index contributed by atoms with van der Waals surface area (Å²) in [6, 6.07) is 15.7. The van der Waals surface area contributed by atoms with Gasteiger partial charge in [0.05, 0.1) is 23.3 Å². The molecule has 7 nitrogen and oxygen atoms in total. The maximum atomic E-state index is 12.9. The summed E-state index contributed by atoms with van der Waals surface area (Å²) >= 11 is 0.984. The number of para-hydroxylation sites is 2. The number of nitrogens with zero attached hydrogens (tertiary/aromatic N) is 1. The second kappa shape index (κ2) is 8.31. The van der Waals surface area contributed by atoms with E-state index in [-0.39, 0.29) is 22.8 Å². The van der Waals surface area contributed by atoms with Crippen molar-refractivity contribution in [2.24, 2.45) is 5.73 Å². The molecule has 8 heteroatoms. The molecule has 0 saturated heterocycles. The molecule has 0 amide bonds. The summed E-state index contributed by atoms with van der Waals surface area (Å²) in [5.41, 5.74) is 7.84. The molecule has 1 atom stereocenters. The number of ketones is 1. The summed E-state index contributed by atoms with van der Waals surface area (Å²) in [7, 11) is 0. The third kappa shape index (κ3) is 3.59. The minimum Gasteiger partial charge on any atom is -0.462 e. The molecule has 0 aromatic heterocycles. The normalized spacial score (nSPS) is 19.2. The van der Waals surface area contributed by atoms with E-state index in [2.05, 4.69) is 0 Å². The van der Waals surface area contributed by atoms with E-state index in [1.165, 1.54) is 6.92 Å². The van der Waals surface area contributed by atoms with Gasteiger partial charge < -0.3 is 20.1 Å². The Morgan fingerprint density at radius 3 is 2.48 bits per heavy atom. The summed E-state index contributed by atoms with van der Waals surface area (Å²) in [4.78, 5) is 39.9. The van der Waals surface area contributed by atoms with E-state index in [0.717, 1.165) is 11.8 Å². The Morgan fingerprint density at radius 1 is 1.13 bits per heavy atom. The van der Waals surface area contributed by atoms with E-state index in [9.17, 15) is 14.4 Å². The van der Waals surface area contributed by atoms with Crippen molar-refractivity contribution >= 4 is 35.2 Å². The lowest BCUT2D eigenvalue weighted by atomic mass is 9.93. The van der Waals surface area contributed by atoms with Crippen LogP contribution in [0.1, 0.15) is 25.5 Å². The molecule has 0 radical (unpaired) electrons. The number of Topliss-reactive ketones (excluding diaryl/α,β-unsaturated/α-hetero) is 1. The molecular formula is C23H20N2O5S. The molecule has 4 rings (SSSR count). The third-order valence-corrected chi connectivity index (χ3v) is 5.97. The van der Waals surface area contributed by atoms with Crippen LogP contribution in [-0.4, -0.2) is 24.3 Å². The molecule has 2 aromatic rings. The summed E-state index contributed by atoms with van der Waals surface area (Å²) < 4.78 is 10.7. The molecule has 2 aliphatic heterocycles. The number of carbonyl (C=O) groups excluding carboxylic acids is 3. The van der Waals surface area contributed by atoms with Gasteiger partial charge in [-0.25, -0.2) is 9.59 Å². The lowest BCUT2D eigenvalue weighted by Gasteiger charge is -2.42. The van der Waals surface area contributed by atoms with E-state index in [0.29, 0.717) is 22.0 Å². The van der Waals surface area contributed by atoms with E-state index in [4.69, 9.17) is 15.2 Å². The Kier molecular flexibility index (Phi) is 5.56. The van der Waals surface area contributed by atoms with Gasteiger partial charge in [0.15, 0.2) is 5.78 Å². The van der Waals surface area contributed by atoms with Gasteiger partial charge in [-0.1, -0.05) is 48.2 Å². The average molecular weight is 436 g/mol. The molecule has 2 heterocycles. The van der Waals surface area contributed by atoms with Crippen molar-refractivity contribution in [1.82, 2.24) is 0 Å². The molecule has 2 aliphatic rings. The first-order valence-corrected chi connectivity index (χ1v) is 10.5. The number of benzene rings is 2. The molecular weight excluding hydrogens is 416 g/mol.